The fourth-order valence-electron chi connectivity index (χ4n) is 2.72. The van der Waals surface area contributed by atoms with Crippen LogP contribution >= 0.6 is 0 Å². The fraction of sp³-hybridized carbons (Fsp3) is 0.250. The van der Waals surface area contributed by atoms with Crippen LogP contribution in [0, 0.1) is 16.0 Å². The number of nitrogens with zero attached hydrogens (tertiary/aromatic N) is 1. The predicted octanol–water partition coefficient (Wildman–Crippen LogP) is 1.80. The van der Waals surface area contributed by atoms with Crippen LogP contribution in [0.15, 0.2) is 48.1 Å². The van der Waals surface area contributed by atoms with E-state index in [-0.39, 0.29) is 6.42 Å². The Morgan fingerprint density at radius 3 is 2.25 bits per heavy atom. The zero-order valence-electron chi connectivity index (χ0n) is 12.7. The van der Waals surface area contributed by atoms with Crippen molar-refractivity contribution in [2.75, 3.05) is 7.11 Å². The molecule has 1 aromatic carbocycles. The number of rotatable bonds is 6. The molecule has 8 heteroatoms. The first-order chi connectivity index (χ1) is 11.3. The summed E-state index contributed by atoms with van der Waals surface area (Å²) in [6.45, 7) is 0. The third-order valence-corrected chi connectivity index (χ3v) is 3.93. The van der Waals surface area contributed by atoms with Crippen molar-refractivity contribution in [3.63, 3.8) is 0 Å². The van der Waals surface area contributed by atoms with Crippen LogP contribution in [0.1, 0.15) is 12.0 Å². The summed E-state index contributed by atoms with van der Waals surface area (Å²) in [5.74, 6) is -5.44. The SMILES string of the molecule is COC1([N+](=O)[O-])CC(c2ccccc2)=CC=C1C(C(=O)O)C(=O)O. The third-order valence-electron chi connectivity index (χ3n) is 3.93. The van der Waals surface area contributed by atoms with E-state index in [4.69, 9.17) is 14.9 Å². The molecule has 0 spiro atoms. The molecule has 126 valence electrons. The molecule has 0 fully saturated rings. The largest absolute Gasteiger partial charge is 0.480 e. The van der Waals surface area contributed by atoms with Gasteiger partial charge >= 0.3 is 17.7 Å². The van der Waals surface area contributed by atoms with Gasteiger partial charge in [0.05, 0.1) is 16.9 Å². The number of carboxylic acid groups (broad SMARTS) is 2. The lowest BCUT2D eigenvalue weighted by Crippen LogP contribution is -2.48. The number of carboxylic acids is 2. The average molecular weight is 333 g/mol. The van der Waals surface area contributed by atoms with Gasteiger partial charge in [-0.15, -0.1) is 0 Å². The molecule has 0 saturated heterocycles. The van der Waals surface area contributed by atoms with Gasteiger partial charge in [0.1, 0.15) is 0 Å². The Morgan fingerprint density at radius 1 is 1.21 bits per heavy atom. The zero-order valence-corrected chi connectivity index (χ0v) is 12.7. The van der Waals surface area contributed by atoms with E-state index in [9.17, 15) is 19.7 Å². The zero-order chi connectivity index (χ0) is 17.9. The van der Waals surface area contributed by atoms with E-state index in [0.29, 0.717) is 11.1 Å². The first-order valence-corrected chi connectivity index (χ1v) is 6.95. The number of ether oxygens (including phenoxy) is 1. The minimum absolute atomic E-state index is 0.274. The summed E-state index contributed by atoms with van der Waals surface area (Å²) >= 11 is 0. The molecule has 0 aromatic heterocycles. The summed E-state index contributed by atoms with van der Waals surface area (Å²) in [5.41, 5.74) is -1.41. The van der Waals surface area contributed by atoms with Crippen LogP contribution in [0.4, 0.5) is 0 Å². The lowest BCUT2D eigenvalue weighted by Gasteiger charge is -2.31. The van der Waals surface area contributed by atoms with Crippen LogP contribution in [0.3, 0.4) is 0 Å². The molecular weight excluding hydrogens is 318 g/mol. The monoisotopic (exact) mass is 333 g/mol. The molecule has 0 radical (unpaired) electrons. The van der Waals surface area contributed by atoms with Crippen LogP contribution in [0.25, 0.3) is 5.57 Å². The quantitative estimate of drug-likeness (QED) is 0.352. The van der Waals surface area contributed by atoms with Gasteiger partial charge in [-0.25, -0.2) is 0 Å². The smallest absolute Gasteiger partial charge is 0.352 e. The minimum Gasteiger partial charge on any atom is -0.480 e. The van der Waals surface area contributed by atoms with Crippen molar-refractivity contribution in [1.82, 2.24) is 0 Å². The molecule has 1 aromatic rings. The van der Waals surface area contributed by atoms with Gasteiger partial charge in [0.25, 0.3) is 0 Å². The lowest BCUT2D eigenvalue weighted by atomic mass is 9.80. The normalized spacial score (nSPS) is 20.2. The maximum atomic E-state index is 11.7. The molecule has 0 aliphatic heterocycles. The summed E-state index contributed by atoms with van der Waals surface area (Å²) in [6, 6.07) is 8.80. The maximum Gasteiger partial charge on any atom is 0.352 e. The molecule has 8 nitrogen and oxygen atoms in total. The molecule has 0 bridgehead atoms. The van der Waals surface area contributed by atoms with Crippen LogP contribution in [0.5, 0.6) is 0 Å². The van der Waals surface area contributed by atoms with Crippen molar-refractivity contribution in [3.05, 3.63) is 63.7 Å². The van der Waals surface area contributed by atoms with Crippen molar-refractivity contribution in [2.45, 2.75) is 12.1 Å². The molecule has 2 rings (SSSR count). The van der Waals surface area contributed by atoms with E-state index < -0.39 is 34.1 Å². The Morgan fingerprint density at radius 2 is 1.79 bits per heavy atom. The molecule has 1 unspecified atom stereocenters. The van der Waals surface area contributed by atoms with Crippen LogP contribution in [0.2, 0.25) is 0 Å². The van der Waals surface area contributed by atoms with Gasteiger partial charge in [-0.05, 0) is 11.1 Å². The summed E-state index contributed by atoms with van der Waals surface area (Å²) < 4.78 is 5.05. The van der Waals surface area contributed by atoms with Crippen molar-refractivity contribution in [3.8, 4) is 0 Å². The highest BCUT2D eigenvalue weighted by molar-refractivity contribution is 5.97. The highest BCUT2D eigenvalue weighted by Gasteiger charge is 2.55. The second-order valence-electron chi connectivity index (χ2n) is 5.21. The first-order valence-electron chi connectivity index (χ1n) is 6.95. The summed E-state index contributed by atoms with van der Waals surface area (Å²) in [4.78, 5) is 33.5. The number of hydrogen-bond acceptors (Lipinski definition) is 5. The van der Waals surface area contributed by atoms with Crippen molar-refractivity contribution in [2.24, 2.45) is 5.92 Å². The Bertz CT molecular complexity index is 724. The number of hydrogen-bond donors (Lipinski definition) is 2. The molecule has 1 aliphatic carbocycles. The number of allylic oxidation sites excluding steroid dienone is 2. The summed E-state index contributed by atoms with van der Waals surface area (Å²) in [5, 5.41) is 30.0. The average Bonchev–Trinajstić information content (AvgIpc) is 2.55. The Balaban J connectivity index is 2.62. The van der Waals surface area contributed by atoms with Gasteiger partial charge in [0.15, 0.2) is 5.92 Å². The highest BCUT2D eigenvalue weighted by Crippen LogP contribution is 2.40. The van der Waals surface area contributed by atoms with Crippen molar-refractivity contribution in [1.29, 1.82) is 0 Å². The standard InChI is InChI=1S/C16H15NO7/c1-24-16(17(22)23)9-11(10-5-3-2-4-6-10)7-8-12(16)13(14(18)19)15(20)21/h2-8,13H,9H2,1H3,(H,18,19)(H,20,21). The number of nitro groups is 1. The number of benzene rings is 1. The van der Waals surface area contributed by atoms with E-state index in [2.05, 4.69) is 0 Å². The Hall–Kier alpha value is -3.00. The van der Waals surface area contributed by atoms with Crippen LogP contribution < -0.4 is 0 Å². The van der Waals surface area contributed by atoms with Crippen molar-refractivity contribution < 1.29 is 29.5 Å². The van der Waals surface area contributed by atoms with Gasteiger partial charge < -0.3 is 14.9 Å². The molecule has 0 saturated carbocycles. The molecule has 1 aliphatic rings. The molecular formula is C16H15NO7. The Labute approximate surface area is 136 Å². The predicted molar refractivity (Wildman–Crippen MR) is 82.6 cm³/mol. The highest BCUT2D eigenvalue weighted by atomic mass is 16.7. The van der Waals surface area contributed by atoms with E-state index in [1.807, 2.05) is 0 Å². The number of carbonyl (C=O) groups is 2. The van der Waals surface area contributed by atoms with Gasteiger partial charge in [-0.3, -0.25) is 19.7 Å². The van der Waals surface area contributed by atoms with Gasteiger partial charge in [0, 0.05) is 7.11 Å². The summed E-state index contributed by atoms with van der Waals surface area (Å²) in [7, 11) is 1.06. The van der Waals surface area contributed by atoms with Crippen LogP contribution in [-0.2, 0) is 14.3 Å². The van der Waals surface area contributed by atoms with E-state index >= 15 is 0 Å². The van der Waals surface area contributed by atoms with Gasteiger partial charge in [-0.1, -0.05) is 42.5 Å². The molecule has 0 heterocycles. The molecule has 2 N–H and O–H groups in total. The number of aliphatic carboxylic acids is 2. The second kappa shape index (κ2) is 6.63. The van der Waals surface area contributed by atoms with Gasteiger partial charge in [-0.2, -0.15) is 0 Å². The minimum atomic E-state index is -2.25. The first kappa shape index (κ1) is 17.4. The molecule has 1 atom stereocenters. The van der Waals surface area contributed by atoms with Crippen LogP contribution in [-0.4, -0.2) is 39.9 Å². The molecule has 24 heavy (non-hydrogen) atoms. The van der Waals surface area contributed by atoms with Gasteiger partial charge in [0.2, 0.25) is 0 Å². The van der Waals surface area contributed by atoms with E-state index in [1.54, 1.807) is 30.3 Å². The third kappa shape index (κ3) is 2.91. The van der Waals surface area contributed by atoms with Crippen molar-refractivity contribution >= 4 is 17.5 Å². The summed E-state index contributed by atoms with van der Waals surface area (Å²) in [6.07, 6.45) is 2.37. The van der Waals surface area contributed by atoms with E-state index in [0.717, 1.165) is 13.2 Å². The topological polar surface area (TPSA) is 127 Å². The maximum absolute atomic E-state index is 11.7. The molecule has 0 amide bonds. The Kier molecular flexibility index (Phi) is 4.79. The van der Waals surface area contributed by atoms with E-state index in [1.165, 1.54) is 6.08 Å². The second-order valence-corrected chi connectivity index (χ2v) is 5.21. The number of methoxy groups -OCH3 is 1. The fourth-order valence-corrected chi connectivity index (χ4v) is 2.72. The lowest BCUT2D eigenvalue weighted by molar-refractivity contribution is -0.613.